The van der Waals surface area contributed by atoms with E-state index in [1.165, 1.54) is 19.3 Å². The van der Waals surface area contributed by atoms with Crippen LogP contribution in [0.3, 0.4) is 0 Å². The van der Waals surface area contributed by atoms with Gasteiger partial charge in [0.1, 0.15) is 6.10 Å². The molecule has 29 heavy (non-hydrogen) atoms. The summed E-state index contributed by atoms with van der Waals surface area (Å²) in [6.45, 7) is 10.6. The molecule has 0 amide bonds. The van der Waals surface area contributed by atoms with Gasteiger partial charge in [-0.2, -0.15) is 0 Å². The predicted molar refractivity (Wildman–Crippen MR) is 115 cm³/mol. The van der Waals surface area contributed by atoms with E-state index in [4.69, 9.17) is 9.47 Å². The van der Waals surface area contributed by atoms with Crippen molar-refractivity contribution in [3.8, 4) is 0 Å². The summed E-state index contributed by atoms with van der Waals surface area (Å²) in [6.07, 6.45) is 8.72. The smallest absolute Gasteiger partial charge is 0.334 e. The average molecular weight is 411 g/mol. The van der Waals surface area contributed by atoms with E-state index in [-0.39, 0.29) is 18.5 Å². The number of esters is 2. The van der Waals surface area contributed by atoms with Crippen molar-refractivity contribution in [2.75, 3.05) is 6.61 Å². The zero-order valence-corrected chi connectivity index (χ0v) is 19.1. The minimum atomic E-state index is -0.788. The summed E-state index contributed by atoms with van der Waals surface area (Å²) >= 11 is 0. The van der Waals surface area contributed by atoms with Crippen LogP contribution in [-0.2, 0) is 19.1 Å². The van der Waals surface area contributed by atoms with Crippen LogP contribution in [0.1, 0.15) is 92.4 Å². The van der Waals surface area contributed by atoms with Gasteiger partial charge in [0.25, 0.3) is 0 Å². The number of aliphatic hydroxyl groups is 1. The molecule has 1 heterocycles. The molecule has 0 aromatic heterocycles. The summed E-state index contributed by atoms with van der Waals surface area (Å²) in [4.78, 5) is 24.3. The summed E-state index contributed by atoms with van der Waals surface area (Å²) in [5, 5.41) is 9.65. The lowest BCUT2D eigenvalue weighted by molar-refractivity contribution is -0.164. The monoisotopic (exact) mass is 410 g/mol. The molecule has 0 aromatic carbocycles. The number of aliphatic hydroxyl groups excluding tert-OH is 1. The Morgan fingerprint density at radius 2 is 1.76 bits per heavy atom. The number of cyclic esters (lactones) is 1. The third kappa shape index (κ3) is 9.33. The molecule has 1 rings (SSSR count). The molecule has 1 aliphatic heterocycles. The quantitative estimate of drug-likeness (QED) is 0.242. The molecule has 1 unspecified atom stereocenters. The average Bonchev–Trinajstić information content (AvgIpc) is 3.02. The number of unbranched alkanes of at least 4 members (excludes halogenated alkanes) is 5. The lowest BCUT2D eigenvalue weighted by atomic mass is 9.82. The number of hydrogen-bond acceptors (Lipinski definition) is 5. The molecule has 168 valence electrons. The molecule has 0 spiro atoms. The Labute approximate surface area is 177 Å². The molecule has 5 heteroatoms. The normalized spacial score (nSPS) is 19.4. The van der Waals surface area contributed by atoms with E-state index in [0.29, 0.717) is 36.2 Å². The van der Waals surface area contributed by atoms with E-state index in [1.54, 1.807) is 0 Å². The van der Waals surface area contributed by atoms with Crippen LogP contribution in [0.15, 0.2) is 11.6 Å². The van der Waals surface area contributed by atoms with Crippen molar-refractivity contribution in [2.45, 2.75) is 105 Å². The Kier molecular flexibility index (Phi) is 12.2. The largest absolute Gasteiger partial charge is 0.456 e. The van der Waals surface area contributed by atoms with E-state index >= 15 is 0 Å². The SMILES string of the molecule is CCCCCCCCC(=O)O[C@@H](CO)C1C/C(=C\CC(C(C)C)C(C)C)C(=O)O1. The van der Waals surface area contributed by atoms with Crippen molar-refractivity contribution < 1.29 is 24.2 Å². The molecule has 1 saturated heterocycles. The van der Waals surface area contributed by atoms with Crippen LogP contribution in [-0.4, -0.2) is 35.9 Å². The zero-order valence-electron chi connectivity index (χ0n) is 19.1. The molecular formula is C24H42O5. The van der Waals surface area contributed by atoms with Crippen molar-refractivity contribution in [2.24, 2.45) is 17.8 Å². The van der Waals surface area contributed by atoms with Crippen LogP contribution in [0, 0.1) is 17.8 Å². The summed E-state index contributed by atoms with van der Waals surface area (Å²) in [6, 6.07) is 0. The van der Waals surface area contributed by atoms with Crippen molar-refractivity contribution in [3.63, 3.8) is 0 Å². The first-order valence-electron chi connectivity index (χ1n) is 11.5. The van der Waals surface area contributed by atoms with Gasteiger partial charge in [-0.05, 0) is 30.6 Å². The van der Waals surface area contributed by atoms with Crippen LogP contribution >= 0.6 is 0 Å². The second kappa shape index (κ2) is 13.8. The second-order valence-corrected chi connectivity index (χ2v) is 8.99. The Bertz CT molecular complexity index is 515. The summed E-state index contributed by atoms with van der Waals surface area (Å²) in [7, 11) is 0. The molecule has 0 saturated carbocycles. The molecule has 5 nitrogen and oxygen atoms in total. The van der Waals surface area contributed by atoms with Gasteiger partial charge in [-0.1, -0.05) is 72.8 Å². The van der Waals surface area contributed by atoms with Gasteiger partial charge in [-0.15, -0.1) is 0 Å². The summed E-state index contributed by atoms with van der Waals surface area (Å²) in [5.41, 5.74) is 0.631. The number of carbonyl (C=O) groups excluding carboxylic acids is 2. The van der Waals surface area contributed by atoms with Gasteiger partial charge in [0.2, 0.25) is 0 Å². The lowest BCUT2D eigenvalue weighted by Crippen LogP contribution is -2.34. The third-order valence-electron chi connectivity index (χ3n) is 5.90. The molecule has 0 aliphatic carbocycles. The van der Waals surface area contributed by atoms with Crippen molar-refractivity contribution in [1.82, 2.24) is 0 Å². The lowest BCUT2D eigenvalue weighted by Gasteiger charge is -2.23. The van der Waals surface area contributed by atoms with E-state index in [0.717, 1.165) is 25.7 Å². The fourth-order valence-electron chi connectivity index (χ4n) is 4.03. The maximum absolute atomic E-state index is 12.2. The van der Waals surface area contributed by atoms with Gasteiger partial charge in [0.15, 0.2) is 6.10 Å². The molecule has 1 fully saturated rings. The van der Waals surface area contributed by atoms with E-state index in [1.807, 2.05) is 6.08 Å². The Balaban J connectivity index is 2.50. The summed E-state index contributed by atoms with van der Waals surface area (Å²) in [5.74, 6) is 0.888. The number of rotatable bonds is 14. The minimum Gasteiger partial charge on any atom is -0.456 e. The van der Waals surface area contributed by atoms with Crippen LogP contribution in [0.5, 0.6) is 0 Å². The maximum Gasteiger partial charge on any atom is 0.334 e. The van der Waals surface area contributed by atoms with Gasteiger partial charge < -0.3 is 14.6 Å². The number of hydrogen-bond donors (Lipinski definition) is 1. The van der Waals surface area contributed by atoms with Gasteiger partial charge in [-0.3, -0.25) is 4.79 Å². The molecule has 2 atom stereocenters. The fourth-order valence-corrected chi connectivity index (χ4v) is 4.03. The molecule has 0 radical (unpaired) electrons. The first-order chi connectivity index (χ1) is 13.8. The fraction of sp³-hybridized carbons (Fsp3) is 0.833. The molecular weight excluding hydrogens is 368 g/mol. The molecule has 0 aromatic rings. The third-order valence-corrected chi connectivity index (χ3v) is 5.90. The summed E-state index contributed by atoms with van der Waals surface area (Å²) < 4.78 is 10.8. The first kappa shape index (κ1) is 25.7. The van der Waals surface area contributed by atoms with Gasteiger partial charge >= 0.3 is 11.9 Å². The highest BCUT2D eigenvalue weighted by Gasteiger charge is 2.36. The van der Waals surface area contributed by atoms with E-state index in [2.05, 4.69) is 34.6 Å². The molecule has 0 bridgehead atoms. The van der Waals surface area contributed by atoms with E-state index in [9.17, 15) is 14.7 Å². The number of ether oxygens (including phenoxy) is 2. The van der Waals surface area contributed by atoms with Crippen molar-refractivity contribution in [1.29, 1.82) is 0 Å². The van der Waals surface area contributed by atoms with Gasteiger partial charge in [0, 0.05) is 18.4 Å². The van der Waals surface area contributed by atoms with Crippen molar-refractivity contribution >= 4 is 11.9 Å². The Morgan fingerprint density at radius 3 is 2.34 bits per heavy atom. The first-order valence-corrected chi connectivity index (χ1v) is 11.5. The van der Waals surface area contributed by atoms with Gasteiger partial charge in [0.05, 0.1) is 6.61 Å². The number of allylic oxidation sites excluding steroid dienone is 1. The predicted octanol–water partition coefficient (Wildman–Crippen LogP) is 5.20. The highest BCUT2D eigenvalue weighted by Crippen LogP contribution is 2.29. The second-order valence-electron chi connectivity index (χ2n) is 8.99. The Hall–Kier alpha value is -1.36. The highest BCUT2D eigenvalue weighted by molar-refractivity contribution is 5.90. The molecule has 1 N–H and O–H groups in total. The highest BCUT2D eigenvalue weighted by atomic mass is 16.6. The van der Waals surface area contributed by atoms with Gasteiger partial charge in [-0.25, -0.2) is 4.79 Å². The standard InChI is InChI=1S/C24H42O5/c1-6-7-8-9-10-11-12-23(26)28-22(16-25)21-15-19(24(27)29-21)13-14-20(17(2)3)18(4)5/h13,17-18,20-22,25H,6-12,14-16H2,1-5H3/b19-13+/t21?,22-/m0/s1. The maximum atomic E-state index is 12.2. The van der Waals surface area contributed by atoms with Crippen molar-refractivity contribution in [3.05, 3.63) is 11.6 Å². The Morgan fingerprint density at radius 1 is 1.14 bits per heavy atom. The zero-order chi connectivity index (χ0) is 21.8. The van der Waals surface area contributed by atoms with Crippen LogP contribution in [0.2, 0.25) is 0 Å². The molecule has 1 aliphatic rings. The van der Waals surface area contributed by atoms with Crippen LogP contribution in [0.25, 0.3) is 0 Å². The van der Waals surface area contributed by atoms with Crippen LogP contribution in [0.4, 0.5) is 0 Å². The van der Waals surface area contributed by atoms with Crippen LogP contribution < -0.4 is 0 Å². The number of carbonyl (C=O) groups is 2. The topological polar surface area (TPSA) is 72.8 Å². The van der Waals surface area contributed by atoms with E-state index < -0.39 is 12.2 Å². The minimum absolute atomic E-state index is 0.326.